The highest BCUT2D eigenvalue weighted by atomic mass is 79.9. The molecule has 0 aromatic heterocycles. The molecule has 3 heteroatoms. The van der Waals surface area contributed by atoms with Crippen LogP contribution in [0.15, 0.2) is 59.1 Å². The average Bonchev–Trinajstić information content (AvgIpc) is 2.48. The van der Waals surface area contributed by atoms with E-state index in [2.05, 4.69) is 75.7 Å². The van der Waals surface area contributed by atoms with Crippen molar-refractivity contribution in [1.29, 1.82) is 0 Å². The van der Waals surface area contributed by atoms with Gasteiger partial charge in [-0.05, 0) is 47.1 Å². The van der Waals surface area contributed by atoms with Gasteiger partial charge in [0.2, 0.25) is 0 Å². The third kappa shape index (κ3) is 4.99. The maximum Gasteiger partial charge on any atom is 0.0485 e. The predicted octanol–water partition coefficient (Wildman–Crippen LogP) is 4.04. The summed E-state index contributed by atoms with van der Waals surface area (Å²) in [6.07, 6.45) is 1.10. The van der Waals surface area contributed by atoms with Crippen molar-refractivity contribution < 1.29 is 0 Å². The lowest BCUT2D eigenvalue weighted by Crippen LogP contribution is -2.27. The number of hydrogen-bond donors (Lipinski definition) is 1. The van der Waals surface area contributed by atoms with Gasteiger partial charge in [0, 0.05) is 29.8 Å². The summed E-state index contributed by atoms with van der Waals surface area (Å²) in [5.74, 6) is 0. The largest absolute Gasteiger partial charge is 0.383 e. The molecule has 0 atom stereocenters. The van der Waals surface area contributed by atoms with Crippen LogP contribution >= 0.6 is 15.9 Å². The van der Waals surface area contributed by atoms with Crippen LogP contribution in [0, 0.1) is 0 Å². The Bertz CT molecular complexity index is 513. The van der Waals surface area contributed by atoms with Gasteiger partial charge in [0.1, 0.15) is 0 Å². The van der Waals surface area contributed by atoms with Crippen LogP contribution < -0.4 is 5.32 Å². The molecular formula is C17H21BrN2. The van der Waals surface area contributed by atoms with Crippen molar-refractivity contribution in [1.82, 2.24) is 4.90 Å². The second-order valence-electron chi connectivity index (χ2n) is 4.95. The van der Waals surface area contributed by atoms with Crippen LogP contribution in [0.4, 0.5) is 5.69 Å². The number of benzene rings is 2. The Morgan fingerprint density at radius 1 is 0.950 bits per heavy atom. The highest BCUT2D eigenvalue weighted by Gasteiger charge is 2.01. The third-order valence-electron chi connectivity index (χ3n) is 3.31. The monoisotopic (exact) mass is 332 g/mol. The first-order valence-corrected chi connectivity index (χ1v) is 7.76. The molecule has 0 unspecified atom stereocenters. The van der Waals surface area contributed by atoms with E-state index in [1.54, 1.807) is 0 Å². The number of nitrogens with zero attached hydrogens (tertiary/aromatic N) is 1. The topological polar surface area (TPSA) is 15.3 Å². The van der Waals surface area contributed by atoms with Crippen molar-refractivity contribution in [2.75, 3.05) is 32.0 Å². The van der Waals surface area contributed by atoms with Gasteiger partial charge in [0.05, 0.1) is 0 Å². The third-order valence-corrected chi connectivity index (χ3v) is 4.00. The Labute approximate surface area is 129 Å². The maximum absolute atomic E-state index is 3.55. The first-order chi connectivity index (χ1) is 9.75. The van der Waals surface area contributed by atoms with Gasteiger partial charge >= 0.3 is 0 Å². The summed E-state index contributed by atoms with van der Waals surface area (Å²) in [6.45, 7) is 3.07. The summed E-state index contributed by atoms with van der Waals surface area (Å²) in [5.41, 5.74) is 2.56. The van der Waals surface area contributed by atoms with E-state index in [9.17, 15) is 0 Å². The maximum atomic E-state index is 3.55. The van der Waals surface area contributed by atoms with Crippen LogP contribution in [-0.2, 0) is 6.42 Å². The molecule has 2 nitrogen and oxygen atoms in total. The van der Waals surface area contributed by atoms with E-state index >= 15 is 0 Å². The van der Waals surface area contributed by atoms with E-state index in [1.165, 1.54) is 5.56 Å². The zero-order valence-corrected chi connectivity index (χ0v) is 13.4. The van der Waals surface area contributed by atoms with Crippen LogP contribution in [0.2, 0.25) is 0 Å². The molecule has 2 aromatic carbocycles. The van der Waals surface area contributed by atoms with Crippen molar-refractivity contribution in [3.05, 3.63) is 64.6 Å². The Kier molecular flexibility index (Phi) is 6.09. The number of rotatable bonds is 7. The van der Waals surface area contributed by atoms with Crippen LogP contribution in [-0.4, -0.2) is 31.6 Å². The molecular weight excluding hydrogens is 312 g/mol. The zero-order valence-electron chi connectivity index (χ0n) is 11.8. The molecule has 1 N–H and O–H groups in total. The van der Waals surface area contributed by atoms with Crippen LogP contribution in [0.1, 0.15) is 5.56 Å². The van der Waals surface area contributed by atoms with Crippen LogP contribution in [0.25, 0.3) is 0 Å². The van der Waals surface area contributed by atoms with E-state index in [0.717, 1.165) is 36.2 Å². The average molecular weight is 333 g/mol. The van der Waals surface area contributed by atoms with E-state index in [1.807, 2.05) is 12.1 Å². The number of nitrogens with one attached hydrogen (secondary N) is 1. The summed E-state index contributed by atoms with van der Waals surface area (Å²) >= 11 is 3.55. The summed E-state index contributed by atoms with van der Waals surface area (Å²) in [7, 11) is 2.17. The van der Waals surface area contributed by atoms with Crippen molar-refractivity contribution >= 4 is 21.6 Å². The molecule has 0 heterocycles. The molecule has 2 rings (SSSR count). The molecule has 0 aliphatic carbocycles. The Balaban J connectivity index is 1.68. The lowest BCUT2D eigenvalue weighted by Gasteiger charge is -2.17. The smallest absolute Gasteiger partial charge is 0.0485 e. The molecule has 0 fully saturated rings. The molecule has 20 heavy (non-hydrogen) atoms. The first kappa shape index (κ1) is 15.1. The first-order valence-electron chi connectivity index (χ1n) is 6.96. The molecule has 106 valence electrons. The van der Waals surface area contributed by atoms with Gasteiger partial charge in [-0.25, -0.2) is 0 Å². The SMILES string of the molecule is CN(CCNc1ccccc1Br)CCc1ccccc1. The van der Waals surface area contributed by atoms with Gasteiger partial charge < -0.3 is 10.2 Å². The molecule has 0 saturated heterocycles. The molecule has 0 amide bonds. The number of likely N-dealkylation sites (N-methyl/N-ethyl adjacent to an activating group) is 1. The minimum Gasteiger partial charge on any atom is -0.383 e. The lowest BCUT2D eigenvalue weighted by molar-refractivity contribution is 0.351. The molecule has 0 saturated carbocycles. The summed E-state index contributed by atoms with van der Waals surface area (Å²) in [4.78, 5) is 2.36. The molecule has 0 spiro atoms. The van der Waals surface area contributed by atoms with Gasteiger partial charge in [-0.1, -0.05) is 42.5 Å². The van der Waals surface area contributed by atoms with Crippen LogP contribution in [0.3, 0.4) is 0 Å². The molecule has 2 aromatic rings. The Morgan fingerprint density at radius 3 is 2.40 bits per heavy atom. The van der Waals surface area contributed by atoms with Gasteiger partial charge in [-0.2, -0.15) is 0 Å². The van der Waals surface area contributed by atoms with Gasteiger partial charge in [-0.3, -0.25) is 0 Å². The molecule has 0 bridgehead atoms. The fourth-order valence-corrected chi connectivity index (χ4v) is 2.49. The van der Waals surface area contributed by atoms with Crippen molar-refractivity contribution in [3.8, 4) is 0 Å². The summed E-state index contributed by atoms with van der Waals surface area (Å²) < 4.78 is 1.12. The fraction of sp³-hybridized carbons (Fsp3) is 0.294. The number of para-hydroxylation sites is 1. The lowest BCUT2D eigenvalue weighted by atomic mass is 10.1. The second-order valence-corrected chi connectivity index (χ2v) is 5.80. The van der Waals surface area contributed by atoms with E-state index in [4.69, 9.17) is 0 Å². The zero-order chi connectivity index (χ0) is 14.2. The minimum atomic E-state index is 0.952. The molecule has 0 aliphatic heterocycles. The van der Waals surface area contributed by atoms with E-state index < -0.39 is 0 Å². The van der Waals surface area contributed by atoms with Gasteiger partial charge in [0.15, 0.2) is 0 Å². The summed E-state index contributed by atoms with van der Waals surface area (Å²) in [5, 5.41) is 3.45. The number of halogens is 1. The van der Waals surface area contributed by atoms with Gasteiger partial charge in [0.25, 0.3) is 0 Å². The molecule has 0 radical (unpaired) electrons. The highest BCUT2D eigenvalue weighted by molar-refractivity contribution is 9.10. The second kappa shape index (κ2) is 8.08. The molecule has 0 aliphatic rings. The standard InChI is InChI=1S/C17H21BrN2/c1-20(13-11-15-7-3-2-4-8-15)14-12-19-17-10-6-5-9-16(17)18/h2-10,19H,11-14H2,1H3. The highest BCUT2D eigenvalue weighted by Crippen LogP contribution is 2.20. The van der Waals surface area contributed by atoms with Gasteiger partial charge in [-0.15, -0.1) is 0 Å². The van der Waals surface area contributed by atoms with Crippen molar-refractivity contribution in [2.45, 2.75) is 6.42 Å². The summed E-state index contributed by atoms with van der Waals surface area (Å²) in [6, 6.07) is 18.9. The quantitative estimate of drug-likeness (QED) is 0.823. The number of anilines is 1. The van der Waals surface area contributed by atoms with Crippen molar-refractivity contribution in [3.63, 3.8) is 0 Å². The Hall–Kier alpha value is -1.32. The minimum absolute atomic E-state index is 0.952. The van der Waals surface area contributed by atoms with E-state index in [-0.39, 0.29) is 0 Å². The number of hydrogen-bond acceptors (Lipinski definition) is 2. The fourth-order valence-electron chi connectivity index (χ4n) is 2.06. The van der Waals surface area contributed by atoms with Crippen LogP contribution in [0.5, 0.6) is 0 Å². The predicted molar refractivity (Wildman–Crippen MR) is 90.3 cm³/mol. The Morgan fingerprint density at radius 2 is 1.65 bits per heavy atom. The van der Waals surface area contributed by atoms with E-state index in [0.29, 0.717) is 0 Å². The van der Waals surface area contributed by atoms with Crippen molar-refractivity contribution in [2.24, 2.45) is 0 Å². The normalized spacial score (nSPS) is 10.8.